The molecule has 102 valence electrons. The minimum atomic E-state index is -2.56. The first-order valence-electron chi connectivity index (χ1n) is 6.09. The molecule has 17 heavy (non-hydrogen) atoms. The summed E-state index contributed by atoms with van der Waals surface area (Å²) in [5, 5.41) is -0.267. The molecule has 2 nitrogen and oxygen atoms in total. The van der Waals surface area contributed by atoms with Gasteiger partial charge in [-0.05, 0) is 25.5 Å². The second-order valence-electron chi connectivity index (χ2n) is 3.99. The maximum absolute atomic E-state index is 12.9. The lowest BCUT2D eigenvalue weighted by Crippen LogP contribution is -2.18. The second-order valence-corrected chi connectivity index (χ2v) is 5.44. The molecule has 0 fully saturated rings. The van der Waals surface area contributed by atoms with Crippen LogP contribution in [-0.4, -0.2) is 29.5 Å². The van der Waals surface area contributed by atoms with Gasteiger partial charge < -0.3 is 4.74 Å². The fraction of sp³-hybridized carbons (Fsp3) is 0.917. The molecule has 0 spiro atoms. The van der Waals surface area contributed by atoms with E-state index in [0.29, 0.717) is 18.8 Å². The van der Waals surface area contributed by atoms with Crippen LogP contribution in [0.4, 0.5) is 8.78 Å². The number of rotatable bonds is 9. The summed E-state index contributed by atoms with van der Waals surface area (Å²) in [6, 6.07) is 0. The Morgan fingerprint density at radius 1 is 1.41 bits per heavy atom. The van der Waals surface area contributed by atoms with Gasteiger partial charge >= 0.3 is 5.97 Å². The molecule has 0 aliphatic rings. The predicted molar refractivity (Wildman–Crippen MR) is 67.6 cm³/mol. The topological polar surface area (TPSA) is 26.3 Å². The molecule has 0 aromatic heterocycles. The highest BCUT2D eigenvalue weighted by Crippen LogP contribution is 2.25. The van der Waals surface area contributed by atoms with Crippen LogP contribution in [0.5, 0.6) is 0 Å². The maximum atomic E-state index is 12.9. The van der Waals surface area contributed by atoms with Crippen LogP contribution in [0.1, 0.15) is 46.5 Å². The number of carbonyl (C=O) groups is 1. The normalized spacial score (nSPS) is 13.5. The molecule has 0 saturated heterocycles. The van der Waals surface area contributed by atoms with Gasteiger partial charge in [0, 0.05) is 12.8 Å². The number of carbonyl (C=O) groups excluding carboxylic acids is 1. The third-order valence-corrected chi connectivity index (χ3v) is 3.57. The lowest BCUT2D eigenvalue weighted by molar-refractivity contribution is -0.142. The van der Waals surface area contributed by atoms with Gasteiger partial charge in [-0.3, -0.25) is 4.79 Å². The van der Waals surface area contributed by atoms with Crippen LogP contribution >= 0.6 is 11.8 Å². The van der Waals surface area contributed by atoms with Crippen molar-refractivity contribution in [3.05, 3.63) is 0 Å². The highest BCUT2D eigenvalue weighted by Gasteiger charge is 2.25. The number of ether oxygens (including phenoxy) is 1. The molecule has 1 atom stereocenters. The molecule has 1 unspecified atom stereocenters. The van der Waals surface area contributed by atoms with Crippen molar-refractivity contribution in [2.75, 3.05) is 12.4 Å². The second kappa shape index (κ2) is 8.72. The minimum Gasteiger partial charge on any atom is -0.465 e. The molecule has 0 heterocycles. The Kier molecular flexibility index (Phi) is 8.56. The van der Waals surface area contributed by atoms with Gasteiger partial charge in [0.2, 0.25) is 5.92 Å². The van der Waals surface area contributed by atoms with E-state index in [4.69, 9.17) is 4.74 Å². The zero-order chi connectivity index (χ0) is 13.3. The first-order valence-corrected chi connectivity index (χ1v) is 7.14. The molecular formula is C12H22F2O2S. The summed E-state index contributed by atoms with van der Waals surface area (Å²) in [6.07, 6.45) is 1.00. The van der Waals surface area contributed by atoms with Gasteiger partial charge in [-0.1, -0.05) is 13.8 Å². The summed E-state index contributed by atoms with van der Waals surface area (Å²) in [6.45, 7) is 5.59. The van der Waals surface area contributed by atoms with E-state index >= 15 is 0 Å². The average Bonchev–Trinajstić information content (AvgIpc) is 2.31. The van der Waals surface area contributed by atoms with Crippen LogP contribution in [0.2, 0.25) is 0 Å². The Bertz CT molecular complexity index is 223. The number of thioether (sulfide) groups is 1. The van der Waals surface area contributed by atoms with Crippen LogP contribution in [0.3, 0.4) is 0 Å². The van der Waals surface area contributed by atoms with Crippen molar-refractivity contribution in [3.8, 4) is 0 Å². The number of alkyl halides is 2. The Labute approximate surface area is 106 Å². The van der Waals surface area contributed by atoms with Crippen molar-refractivity contribution in [1.82, 2.24) is 0 Å². The third kappa shape index (κ3) is 8.41. The highest BCUT2D eigenvalue weighted by atomic mass is 32.2. The van der Waals surface area contributed by atoms with Gasteiger partial charge in [0.25, 0.3) is 0 Å². The molecule has 0 aromatic rings. The molecule has 0 bridgehead atoms. The summed E-state index contributed by atoms with van der Waals surface area (Å²) in [5.41, 5.74) is 0. The Balaban J connectivity index is 3.64. The van der Waals surface area contributed by atoms with Crippen LogP contribution in [0, 0.1) is 0 Å². The zero-order valence-corrected chi connectivity index (χ0v) is 11.6. The number of halogens is 2. The molecule has 0 amide bonds. The summed E-state index contributed by atoms with van der Waals surface area (Å²) in [5.74, 6) is -2.25. The molecule has 0 N–H and O–H groups in total. The lowest BCUT2D eigenvalue weighted by atomic mass is 10.1. The average molecular weight is 268 g/mol. The Hall–Kier alpha value is -0.320. The Morgan fingerprint density at radius 3 is 2.59 bits per heavy atom. The van der Waals surface area contributed by atoms with Gasteiger partial charge in [0.15, 0.2) is 0 Å². The molecule has 5 heteroatoms. The van der Waals surface area contributed by atoms with Gasteiger partial charge in [-0.15, -0.1) is 11.8 Å². The highest BCUT2D eigenvalue weighted by molar-refractivity contribution is 8.00. The van der Waals surface area contributed by atoms with E-state index < -0.39 is 5.92 Å². The van der Waals surface area contributed by atoms with Gasteiger partial charge in [-0.2, -0.15) is 0 Å². The van der Waals surface area contributed by atoms with Gasteiger partial charge in [0.1, 0.15) is 0 Å². The van der Waals surface area contributed by atoms with Crippen LogP contribution in [0.15, 0.2) is 0 Å². The van der Waals surface area contributed by atoms with E-state index in [1.807, 2.05) is 6.92 Å². The predicted octanol–water partition coefficient (Wildman–Crippen LogP) is 3.89. The Morgan fingerprint density at radius 2 is 2.06 bits per heavy atom. The number of hydrogen-bond donors (Lipinski definition) is 0. The third-order valence-electron chi connectivity index (χ3n) is 2.35. The summed E-state index contributed by atoms with van der Waals surface area (Å²) in [4.78, 5) is 11.4. The summed E-state index contributed by atoms with van der Waals surface area (Å²) in [7, 11) is 0. The van der Waals surface area contributed by atoms with Crippen LogP contribution < -0.4 is 0 Å². The SMILES string of the molecule is CCCOC(=O)C(C)SCCCC(F)(F)CC. The van der Waals surface area contributed by atoms with Crippen LogP contribution in [0.25, 0.3) is 0 Å². The van der Waals surface area contributed by atoms with Gasteiger partial charge in [0.05, 0.1) is 11.9 Å². The number of hydrogen-bond acceptors (Lipinski definition) is 3. The molecule has 0 aliphatic heterocycles. The number of esters is 1. The van der Waals surface area contributed by atoms with Crippen molar-refractivity contribution < 1.29 is 18.3 Å². The molecule has 0 aliphatic carbocycles. The van der Waals surface area contributed by atoms with Crippen molar-refractivity contribution in [2.24, 2.45) is 0 Å². The molecular weight excluding hydrogens is 246 g/mol. The molecule has 0 saturated carbocycles. The van der Waals surface area contributed by atoms with Crippen molar-refractivity contribution in [3.63, 3.8) is 0 Å². The first-order chi connectivity index (χ1) is 7.93. The fourth-order valence-corrected chi connectivity index (χ4v) is 2.02. The van der Waals surface area contributed by atoms with E-state index in [-0.39, 0.29) is 24.1 Å². The summed E-state index contributed by atoms with van der Waals surface area (Å²) < 4.78 is 30.8. The standard InChI is InChI=1S/C12H22F2O2S/c1-4-8-16-11(15)10(3)17-9-6-7-12(13,14)5-2/h10H,4-9H2,1-3H3. The van der Waals surface area contributed by atoms with Crippen LogP contribution in [-0.2, 0) is 9.53 Å². The summed E-state index contributed by atoms with van der Waals surface area (Å²) >= 11 is 1.38. The van der Waals surface area contributed by atoms with Crippen molar-refractivity contribution in [2.45, 2.75) is 57.6 Å². The molecule has 0 rings (SSSR count). The fourth-order valence-electron chi connectivity index (χ4n) is 1.16. The minimum absolute atomic E-state index is 0.104. The largest absolute Gasteiger partial charge is 0.465 e. The smallest absolute Gasteiger partial charge is 0.318 e. The quantitative estimate of drug-likeness (QED) is 0.469. The molecule has 0 aromatic carbocycles. The van der Waals surface area contributed by atoms with Crippen molar-refractivity contribution in [1.29, 1.82) is 0 Å². The van der Waals surface area contributed by atoms with Gasteiger partial charge in [-0.25, -0.2) is 8.78 Å². The van der Waals surface area contributed by atoms with E-state index in [1.54, 1.807) is 6.92 Å². The van der Waals surface area contributed by atoms with Crippen molar-refractivity contribution >= 4 is 17.7 Å². The van der Waals surface area contributed by atoms with E-state index in [9.17, 15) is 13.6 Å². The lowest BCUT2D eigenvalue weighted by Gasteiger charge is -2.14. The molecule has 0 radical (unpaired) electrons. The van der Waals surface area contributed by atoms with E-state index in [0.717, 1.165) is 6.42 Å². The zero-order valence-electron chi connectivity index (χ0n) is 10.8. The van der Waals surface area contributed by atoms with E-state index in [1.165, 1.54) is 18.7 Å². The van der Waals surface area contributed by atoms with E-state index in [2.05, 4.69) is 0 Å². The monoisotopic (exact) mass is 268 g/mol. The first kappa shape index (κ1) is 16.7. The maximum Gasteiger partial charge on any atom is 0.318 e.